The number of unbranched alkanes of at least 4 members (excludes halogenated alkanes) is 32. The van der Waals surface area contributed by atoms with Crippen LogP contribution < -0.4 is 5.32 Å². The number of rotatable bonds is 48. The molecule has 0 saturated carbocycles. The van der Waals surface area contributed by atoms with Crippen molar-refractivity contribution in [1.82, 2.24) is 5.32 Å². The fraction of sp³-hybridized carbons (Fsp3) is 0.911. The van der Waals surface area contributed by atoms with Gasteiger partial charge in [-0.25, -0.2) is 0 Å². The van der Waals surface area contributed by atoms with Crippen molar-refractivity contribution in [3.63, 3.8) is 0 Å². The molecule has 1 aliphatic heterocycles. The monoisotopic (exact) mass is 954 g/mol. The predicted octanol–water partition coefficient (Wildman–Crippen LogP) is 11.3. The van der Waals surface area contributed by atoms with Crippen molar-refractivity contribution in [2.75, 3.05) is 13.2 Å². The summed E-state index contributed by atoms with van der Waals surface area (Å²) >= 11 is 0. The van der Waals surface area contributed by atoms with E-state index in [2.05, 4.69) is 43.5 Å². The molecule has 0 bridgehead atoms. The van der Waals surface area contributed by atoms with Crippen LogP contribution in [0.5, 0.6) is 0 Å². The zero-order valence-electron chi connectivity index (χ0n) is 43.1. The first-order chi connectivity index (χ1) is 32.7. The van der Waals surface area contributed by atoms with Crippen LogP contribution in [0.15, 0.2) is 24.3 Å². The van der Waals surface area contributed by atoms with Gasteiger partial charge in [-0.15, -0.1) is 0 Å². The van der Waals surface area contributed by atoms with E-state index in [9.17, 15) is 40.5 Å². The molecule has 0 spiro atoms. The summed E-state index contributed by atoms with van der Waals surface area (Å²) in [4.78, 5) is 13.1. The summed E-state index contributed by atoms with van der Waals surface area (Å²) in [7, 11) is 0. The van der Waals surface area contributed by atoms with E-state index in [1.54, 1.807) is 0 Å². The number of aliphatic hydroxyl groups is 7. The third-order valence-electron chi connectivity index (χ3n) is 13.7. The molecule has 0 radical (unpaired) electrons. The van der Waals surface area contributed by atoms with Gasteiger partial charge in [-0.2, -0.15) is 0 Å². The highest BCUT2D eigenvalue weighted by Crippen LogP contribution is 2.23. The average Bonchev–Trinajstić information content (AvgIpc) is 3.33. The van der Waals surface area contributed by atoms with E-state index in [1.165, 1.54) is 173 Å². The van der Waals surface area contributed by atoms with Crippen LogP contribution in [0, 0.1) is 0 Å². The highest BCUT2D eigenvalue weighted by molar-refractivity contribution is 5.80. The summed E-state index contributed by atoms with van der Waals surface area (Å²) in [5.74, 6) is -0.708. The van der Waals surface area contributed by atoms with E-state index in [0.29, 0.717) is 19.3 Å². The molecule has 0 aromatic rings. The molecule has 396 valence electrons. The number of aliphatic hydroxyl groups excluding tert-OH is 7. The summed E-state index contributed by atoms with van der Waals surface area (Å²) in [6.07, 6.45) is 42.5. The average molecular weight is 954 g/mol. The Morgan fingerprint density at radius 3 is 1.33 bits per heavy atom. The molecule has 8 N–H and O–H groups in total. The molecule has 9 unspecified atom stereocenters. The van der Waals surface area contributed by atoms with Crippen molar-refractivity contribution in [3.8, 4) is 0 Å². The molecule has 1 fully saturated rings. The van der Waals surface area contributed by atoms with Gasteiger partial charge in [0.2, 0.25) is 5.91 Å². The Morgan fingerprint density at radius 1 is 0.507 bits per heavy atom. The van der Waals surface area contributed by atoms with Crippen LogP contribution in [-0.4, -0.2) is 110 Å². The first kappa shape index (κ1) is 63.6. The van der Waals surface area contributed by atoms with Gasteiger partial charge in [-0.3, -0.25) is 4.79 Å². The van der Waals surface area contributed by atoms with E-state index in [0.717, 1.165) is 38.5 Å². The van der Waals surface area contributed by atoms with Crippen LogP contribution in [0.25, 0.3) is 0 Å². The van der Waals surface area contributed by atoms with Crippen LogP contribution >= 0.6 is 0 Å². The number of amides is 1. The van der Waals surface area contributed by atoms with Crippen molar-refractivity contribution in [1.29, 1.82) is 0 Å². The van der Waals surface area contributed by atoms with E-state index in [-0.39, 0.29) is 12.8 Å². The van der Waals surface area contributed by atoms with E-state index in [1.807, 2.05) is 0 Å². The van der Waals surface area contributed by atoms with Gasteiger partial charge in [-0.1, -0.05) is 231 Å². The Balaban J connectivity index is 2.31. The molecule has 67 heavy (non-hydrogen) atoms. The molecule has 0 aromatic carbocycles. The van der Waals surface area contributed by atoms with Gasteiger partial charge in [0.1, 0.15) is 36.6 Å². The van der Waals surface area contributed by atoms with Gasteiger partial charge in [0.15, 0.2) is 6.29 Å². The summed E-state index contributed by atoms with van der Waals surface area (Å²) in [5, 5.41) is 75.9. The number of carbonyl (C=O) groups excluding carboxylic acids is 1. The molecule has 1 heterocycles. The fourth-order valence-corrected chi connectivity index (χ4v) is 9.11. The Labute approximate surface area is 410 Å². The third kappa shape index (κ3) is 34.5. The van der Waals surface area contributed by atoms with Crippen molar-refractivity contribution in [2.45, 2.75) is 313 Å². The molecule has 1 aliphatic rings. The van der Waals surface area contributed by atoms with Gasteiger partial charge in [-0.05, 0) is 51.4 Å². The molecule has 0 aliphatic carbocycles. The zero-order valence-corrected chi connectivity index (χ0v) is 43.1. The molecule has 1 rings (SSSR count). The van der Waals surface area contributed by atoms with Gasteiger partial charge in [0.25, 0.3) is 0 Å². The quantitative estimate of drug-likeness (QED) is 0.0215. The standard InChI is InChI=1S/C56H107NO10/c1-3-5-7-9-11-13-15-17-18-19-20-21-22-23-24-25-26-27-28-29-30-32-33-35-37-39-41-43-48(59)51(61)47(46-66-56-54(64)53(63)52(62)50(45-58)67-56)57-55(65)49(60)44-42-40-38-36-34-31-16-14-12-10-8-6-4-2/h29-30,35,37,47-54,56,58-64H,3-28,31-34,36,38-46H2,1-2H3,(H,57,65)/b30-29+,37-35+. The summed E-state index contributed by atoms with van der Waals surface area (Å²) in [6, 6.07) is -1.19. The molecule has 11 nitrogen and oxygen atoms in total. The topological polar surface area (TPSA) is 189 Å². The van der Waals surface area contributed by atoms with Crippen LogP contribution in [0.2, 0.25) is 0 Å². The second-order valence-corrected chi connectivity index (χ2v) is 20.0. The van der Waals surface area contributed by atoms with Crippen LogP contribution in [0.4, 0.5) is 0 Å². The normalized spacial score (nSPS) is 20.8. The van der Waals surface area contributed by atoms with Gasteiger partial charge >= 0.3 is 0 Å². The van der Waals surface area contributed by atoms with Crippen LogP contribution in [0.1, 0.15) is 258 Å². The van der Waals surface area contributed by atoms with Gasteiger partial charge < -0.3 is 50.5 Å². The van der Waals surface area contributed by atoms with Crippen molar-refractivity contribution in [3.05, 3.63) is 24.3 Å². The van der Waals surface area contributed by atoms with Crippen molar-refractivity contribution < 1.29 is 50.0 Å². The Morgan fingerprint density at radius 2 is 0.896 bits per heavy atom. The molecule has 1 amide bonds. The first-order valence-corrected chi connectivity index (χ1v) is 28.2. The lowest BCUT2D eigenvalue weighted by atomic mass is 9.98. The number of nitrogens with one attached hydrogen (secondary N) is 1. The molecule has 0 aromatic heterocycles. The smallest absolute Gasteiger partial charge is 0.249 e. The van der Waals surface area contributed by atoms with Gasteiger partial charge in [0.05, 0.1) is 25.4 Å². The summed E-state index contributed by atoms with van der Waals surface area (Å²) < 4.78 is 11.1. The minimum atomic E-state index is -1.67. The molecule has 1 saturated heterocycles. The highest BCUT2D eigenvalue weighted by atomic mass is 16.7. The Hall–Kier alpha value is -1.41. The van der Waals surface area contributed by atoms with Crippen LogP contribution in [-0.2, 0) is 14.3 Å². The maximum atomic E-state index is 13.1. The third-order valence-corrected chi connectivity index (χ3v) is 13.7. The van der Waals surface area contributed by atoms with E-state index in [4.69, 9.17) is 9.47 Å². The lowest BCUT2D eigenvalue weighted by Gasteiger charge is -2.40. The molecule has 11 heteroatoms. The zero-order chi connectivity index (χ0) is 49.0. The van der Waals surface area contributed by atoms with E-state index < -0.39 is 74.2 Å². The second-order valence-electron chi connectivity index (χ2n) is 20.0. The highest BCUT2D eigenvalue weighted by Gasteiger charge is 2.44. The number of hydrogen-bond acceptors (Lipinski definition) is 10. The number of ether oxygens (including phenoxy) is 2. The number of allylic oxidation sites excluding steroid dienone is 4. The molecular formula is C56H107NO10. The molecule has 9 atom stereocenters. The Bertz CT molecular complexity index is 1140. The van der Waals surface area contributed by atoms with Crippen molar-refractivity contribution >= 4 is 5.91 Å². The first-order valence-electron chi connectivity index (χ1n) is 28.2. The summed E-state index contributed by atoms with van der Waals surface area (Å²) in [6.45, 7) is 3.45. The lowest BCUT2D eigenvalue weighted by molar-refractivity contribution is -0.303. The second kappa shape index (κ2) is 45.7. The van der Waals surface area contributed by atoms with Crippen LogP contribution in [0.3, 0.4) is 0 Å². The fourth-order valence-electron chi connectivity index (χ4n) is 9.11. The van der Waals surface area contributed by atoms with E-state index >= 15 is 0 Å². The van der Waals surface area contributed by atoms with Crippen molar-refractivity contribution in [2.24, 2.45) is 0 Å². The minimum Gasteiger partial charge on any atom is -0.394 e. The molecular weight excluding hydrogens is 847 g/mol. The number of hydrogen-bond donors (Lipinski definition) is 8. The summed E-state index contributed by atoms with van der Waals surface area (Å²) in [5.41, 5.74) is 0. The van der Waals surface area contributed by atoms with Gasteiger partial charge in [0, 0.05) is 0 Å². The Kier molecular flexibility index (Phi) is 43.4. The maximum absolute atomic E-state index is 13.1. The number of carbonyl (C=O) groups is 1. The predicted molar refractivity (Wildman–Crippen MR) is 275 cm³/mol. The minimum absolute atomic E-state index is 0.249. The lowest BCUT2D eigenvalue weighted by Crippen LogP contribution is -2.60. The SMILES string of the molecule is CCCCCCCCCCCCCCCCCCCC/C=C/CC/C=C/CCCC(O)C(O)C(COC1OC(CO)C(O)C(O)C1O)NC(=O)C(O)CCCCCCCCCCCCCCC. The maximum Gasteiger partial charge on any atom is 0.249 e. The largest absolute Gasteiger partial charge is 0.394 e.